The van der Waals surface area contributed by atoms with E-state index < -0.39 is 12.1 Å². The number of nitrogens with one attached hydrogen (secondary N) is 1. The Morgan fingerprint density at radius 1 is 0.360 bits per heavy atom. The number of aliphatic hydroxyl groups is 2. The molecule has 0 radical (unpaired) electrons. The highest BCUT2D eigenvalue weighted by Crippen LogP contribution is 2.19. The van der Waals surface area contributed by atoms with Crippen molar-refractivity contribution >= 4 is 11.9 Å². The third-order valence-electron chi connectivity index (χ3n) is 16.3. The van der Waals surface area contributed by atoms with Gasteiger partial charge in [0.1, 0.15) is 0 Å². The van der Waals surface area contributed by atoms with Crippen molar-refractivity contribution < 1.29 is 24.5 Å². The lowest BCUT2D eigenvalue weighted by Crippen LogP contribution is -2.45. The van der Waals surface area contributed by atoms with Gasteiger partial charge in [-0.05, 0) is 51.4 Å². The van der Waals surface area contributed by atoms with Crippen LogP contribution in [0.1, 0.15) is 393 Å². The summed E-state index contributed by atoms with van der Waals surface area (Å²) in [7, 11) is 0. The van der Waals surface area contributed by atoms with Crippen LogP contribution in [0, 0.1) is 0 Å². The molecule has 75 heavy (non-hydrogen) atoms. The quantitative estimate of drug-likeness (QED) is 0.0320. The minimum absolute atomic E-state index is 0.0182. The van der Waals surface area contributed by atoms with E-state index in [0.717, 1.165) is 38.5 Å². The number of ether oxygens (including phenoxy) is 1. The van der Waals surface area contributed by atoms with Gasteiger partial charge in [-0.2, -0.15) is 0 Å². The molecule has 0 saturated carbocycles. The van der Waals surface area contributed by atoms with Gasteiger partial charge in [-0.3, -0.25) is 9.59 Å². The van der Waals surface area contributed by atoms with Gasteiger partial charge < -0.3 is 20.3 Å². The summed E-state index contributed by atoms with van der Waals surface area (Å²) < 4.78 is 5.50. The number of aliphatic hydroxyl groups excluding tert-OH is 2. The zero-order chi connectivity index (χ0) is 54.3. The Balaban J connectivity index is 3.37. The van der Waals surface area contributed by atoms with Crippen molar-refractivity contribution in [3.8, 4) is 0 Å². The van der Waals surface area contributed by atoms with Gasteiger partial charge in [0.2, 0.25) is 5.91 Å². The summed E-state index contributed by atoms with van der Waals surface area (Å²) in [5.74, 6) is -0.0149. The number of hydrogen-bond acceptors (Lipinski definition) is 5. The Kier molecular flexibility index (Phi) is 63.9. The molecule has 0 bridgehead atoms. The number of esters is 1. The van der Waals surface area contributed by atoms with Crippen LogP contribution in [0.5, 0.6) is 0 Å². The summed E-state index contributed by atoms with van der Waals surface area (Å²) in [4.78, 5) is 24.6. The minimum Gasteiger partial charge on any atom is -0.466 e. The Morgan fingerprint density at radius 2 is 0.627 bits per heavy atom. The van der Waals surface area contributed by atoms with Crippen molar-refractivity contribution in [2.75, 3.05) is 13.2 Å². The Bertz CT molecular complexity index is 1130. The number of unbranched alkanes of at least 4 members (excludes halogenated alkanes) is 52. The molecule has 0 aliphatic carbocycles. The number of carbonyl (C=O) groups is 2. The molecule has 0 saturated heterocycles. The molecule has 1 amide bonds. The van der Waals surface area contributed by atoms with Crippen LogP contribution in [0.3, 0.4) is 0 Å². The molecule has 446 valence electrons. The van der Waals surface area contributed by atoms with Crippen LogP contribution in [-0.2, 0) is 14.3 Å². The van der Waals surface area contributed by atoms with Gasteiger partial charge in [0, 0.05) is 12.8 Å². The maximum Gasteiger partial charge on any atom is 0.305 e. The van der Waals surface area contributed by atoms with E-state index in [1.807, 2.05) is 0 Å². The van der Waals surface area contributed by atoms with E-state index in [4.69, 9.17) is 4.74 Å². The molecule has 0 fully saturated rings. The van der Waals surface area contributed by atoms with Gasteiger partial charge in [-0.25, -0.2) is 0 Å². The minimum atomic E-state index is -0.665. The monoisotopic (exact) mass is 1060 g/mol. The van der Waals surface area contributed by atoms with Crippen molar-refractivity contribution in [3.05, 3.63) is 12.2 Å². The second-order valence-corrected chi connectivity index (χ2v) is 23.9. The van der Waals surface area contributed by atoms with Gasteiger partial charge in [-0.1, -0.05) is 341 Å². The molecule has 0 aromatic carbocycles. The molecule has 0 spiro atoms. The predicted octanol–water partition coefficient (Wildman–Crippen LogP) is 22.0. The second kappa shape index (κ2) is 65.1. The number of carbonyl (C=O) groups excluding carboxylic acids is 2. The van der Waals surface area contributed by atoms with Crippen LogP contribution >= 0.6 is 0 Å². The molecule has 6 heteroatoms. The summed E-state index contributed by atoms with van der Waals surface area (Å²) in [5.41, 5.74) is 0. The lowest BCUT2D eigenvalue weighted by atomic mass is 10.0. The van der Waals surface area contributed by atoms with Gasteiger partial charge in [0.25, 0.3) is 0 Å². The molecule has 0 aromatic rings. The first-order valence-corrected chi connectivity index (χ1v) is 34.4. The first-order chi connectivity index (χ1) is 37.0. The first-order valence-electron chi connectivity index (χ1n) is 34.4. The van der Waals surface area contributed by atoms with Crippen LogP contribution in [0.4, 0.5) is 0 Å². The van der Waals surface area contributed by atoms with E-state index in [1.165, 1.54) is 321 Å². The Hall–Kier alpha value is -1.40. The predicted molar refractivity (Wildman–Crippen MR) is 329 cm³/mol. The molecule has 2 unspecified atom stereocenters. The average molecular weight is 1060 g/mol. The zero-order valence-electron chi connectivity index (χ0n) is 51.1. The van der Waals surface area contributed by atoms with Gasteiger partial charge >= 0.3 is 5.97 Å². The first kappa shape index (κ1) is 73.6. The van der Waals surface area contributed by atoms with Crippen LogP contribution < -0.4 is 5.32 Å². The maximum absolute atomic E-state index is 12.5. The third-order valence-corrected chi connectivity index (χ3v) is 16.3. The fourth-order valence-electron chi connectivity index (χ4n) is 11.1. The highest BCUT2D eigenvalue weighted by Gasteiger charge is 2.20. The summed E-state index contributed by atoms with van der Waals surface area (Å²) in [6, 6.07) is -0.542. The molecule has 2 atom stereocenters. The van der Waals surface area contributed by atoms with Crippen molar-refractivity contribution in [2.24, 2.45) is 0 Å². The number of hydrogen-bond donors (Lipinski definition) is 3. The SMILES string of the molecule is CCCCCCCCCCCCCCCCCCCC(O)C(CO)NC(=O)CCCCCCCCCCCC/C=C\CCCCCCCCCCCCCCOC(=O)CCCCCCCCCCCCCCCCC. The van der Waals surface area contributed by atoms with E-state index in [0.29, 0.717) is 25.9 Å². The van der Waals surface area contributed by atoms with Crippen molar-refractivity contribution in [1.82, 2.24) is 5.32 Å². The van der Waals surface area contributed by atoms with E-state index >= 15 is 0 Å². The van der Waals surface area contributed by atoms with Crippen molar-refractivity contribution in [1.29, 1.82) is 0 Å². The fraction of sp³-hybridized carbons (Fsp3) is 0.942. The van der Waals surface area contributed by atoms with E-state index in [-0.39, 0.29) is 18.5 Å². The summed E-state index contributed by atoms with van der Waals surface area (Å²) in [6.45, 7) is 4.99. The Labute approximate surface area is 469 Å². The molecule has 6 nitrogen and oxygen atoms in total. The summed E-state index contributed by atoms with van der Waals surface area (Å²) in [6.07, 6.45) is 79.6. The molecule has 0 rings (SSSR count). The Morgan fingerprint density at radius 3 is 0.947 bits per heavy atom. The van der Waals surface area contributed by atoms with E-state index in [2.05, 4.69) is 31.3 Å². The summed E-state index contributed by atoms with van der Waals surface area (Å²) in [5, 5.41) is 23.4. The molecule has 0 aromatic heterocycles. The average Bonchev–Trinajstić information content (AvgIpc) is 3.41. The molecule has 3 N–H and O–H groups in total. The van der Waals surface area contributed by atoms with Crippen LogP contribution in [0.15, 0.2) is 12.2 Å². The fourth-order valence-corrected chi connectivity index (χ4v) is 11.1. The molecular formula is C69H135NO5. The van der Waals surface area contributed by atoms with Crippen molar-refractivity contribution in [2.45, 2.75) is 405 Å². The number of amides is 1. The van der Waals surface area contributed by atoms with E-state index in [9.17, 15) is 19.8 Å². The lowest BCUT2D eigenvalue weighted by molar-refractivity contribution is -0.143. The molecule has 0 heterocycles. The van der Waals surface area contributed by atoms with Crippen LogP contribution in [-0.4, -0.2) is 47.4 Å². The molecule has 0 aliphatic heterocycles. The summed E-state index contributed by atoms with van der Waals surface area (Å²) >= 11 is 0. The van der Waals surface area contributed by atoms with Crippen LogP contribution in [0.25, 0.3) is 0 Å². The smallest absolute Gasteiger partial charge is 0.305 e. The lowest BCUT2D eigenvalue weighted by Gasteiger charge is -2.22. The molecule has 0 aliphatic rings. The number of allylic oxidation sites excluding steroid dienone is 2. The maximum atomic E-state index is 12.5. The zero-order valence-corrected chi connectivity index (χ0v) is 51.1. The highest BCUT2D eigenvalue weighted by molar-refractivity contribution is 5.76. The standard InChI is InChI=1S/C69H135NO5/c1-3-5-7-9-11-13-15-17-19-30-34-37-41-45-49-53-57-61-67(72)66(65-71)70-68(73)62-58-54-50-46-42-38-35-31-28-26-24-22-20-21-23-25-27-29-32-36-40-44-48-52-56-60-64-75-69(74)63-59-55-51-47-43-39-33-18-16-14-12-10-8-6-4-2/h20,22,66-67,71-72H,3-19,21,23-65H2,1-2H3,(H,70,73)/b22-20-. The highest BCUT2D eigenvalue weighted by atomic mass is 16.5. The van der Waals surface area contributed by atoms with Gasteiger partial charge in [-0.15, -0.1) is 0 Å². The van der Waals surface area contributed by atoms with Crippen molar-refractivity contribution in [3.63, 3.8) is 0 Å². The van der Waals surface area contributed by atoms with Crippen LogP contribution in [0.2, 0.25) is 0 Å². The normalized spacial score (nSPS) is 12.5. The largest absolute Gasteiger partial charge is 0.466 e. The van der Waals surface area contributed by atoms with Gasteiger partial charge in [0.05, 0.1) is 25.4 Å². The van der Waals surface area contributed by atoms with E-state index in [1.54, 1.807) is 0 Å². The third kappa shape index (κ3) is 61.7. The topological polar surface area (TPSA) is 95.9 Å². The number of rotatable bonds is 65. The van der Waals surface area contributed by atoms with Gasteiger partial charge in [0.15, 0.2) is 0 Å². The molecular weight excluding hydrogens is 923 g/mol. The second-order valence-electron chi connectivity index (χ2n) is 23.9.